The van der Waals surface area contributed by atoms with Gasteiger partial charge in [0.2, 0.25) is 5.13 Å². The largest absolute Gasteiger partial charge is 0.507 e. The maximum atomic E-state index is 13.6. The van der Waals surface area contributed by atoms with Crippen LogP contribution in [-0.4, -0.2) is 39.7 Å². The summed E-state index contributed by atoms with van der Waals surface area (Å²) in [6.07, 6.45) is 0.705. The Morgan fingerprint density at radius 3 is 2.79 bits per heavy atom. The van der Waals surface area contributed by atoms with E-state index in [1.807, 2.05) is 44.2 Å². The van der Waals surface area contributed by atoms with Crippen LogP contribution in [0.4, 0.5) is 5.13 Å². The van der Waals surface area contributed by atoms with Gasteiger partial charge in [-0.3, -0.25) is 14.5 Å². The lowest BCUT2D eigenvalue weighted by molar-refractivity contribution is -0.132. The molecule has 2 aliphatic rings. The van der Waals surface area contributed by atoms with Gasteiger partial charge in [-0.1, -0.05) is 65.0 Å². The zero-order valence-corrected chi connectivity index (χ0v) is 25.1. The van der Waals surface area contributed by atoms with E-state index in [4.69, 9.17) is 21.1 Å². The van der Waals surface area contributed by atoms with Crippen molar-refractivity contribution in [1.82, 2.24) is 10.2 Å². The molecule has 1 fully saturated rings. The van der Waals surface area contributed by atoms with E-state index in [1.54, 1.807) is 36.4 Å². The minimum absolute atomic E-state index is 0.0201. The minimum Gasteiger partial charge on any atom is -0.507 e. The van der Waals surface area contributed by atoms with Gasteiger partial charge in [0, 0.05) is 22.8 Å². The molecule has 1 saturated heterocycles. The normalized spacial score (nSPS) is 19.2. The van der Waals surface area contributed by atoms with Crippen LogP contribution in [0.1, 0.15) is 42.1 Å². The van der Waals surface area contributed by atoms with Crippen molar-refractivity contribution in [2.45, 2.75) is 42.5 Å². The second-order valence-electron chi connectivity index (χ2n) is 9.86. The van der Waals surface area contributed by atoms with Gasteiger partial charge in [-0.05, 0) is 66.9 Å². The lowest BCUT2D eigenvalue weighted by Gasteiger charge is -2.23. The third kappa shape index (κ3) is 5.37. The van der Waals surface area contributed by atoms with E-state index in [9.17, 15) is 14.7 Å². The zero-order valence-electron chi connectivity index (χ0n) is 22.7. The summed E-state index contributed by atoms with van der Waals surface area (Å²) in [7, 11) is 0. The maximum absolute atomic E-state index is 13.6. The highest BCUT2D eigenvalue weighted by Crippen LogP contribution is 2.45. The number of aliphatic hydroxyl groups is 1. The second kappa shape index (κ2) is 11.8. The molecular weight excluding hydrogens is 594 g/mol. The van der Waals surface area contributed by atoms with Gasteiger partial charge in [-0.2, -0.15) is 0 Å². The number of aliphatic hydroxyl groups excluding tert-OH is 1. The number of fused-ring (bicyclic) bond motifs is 1. The Labute approximate surface area is 255 Å². The number of ketones is 1. The fraction of sp³-hybridized carbons (Fsp3) is 0.226. The molecule has 3 aromatic carbocycles. The summed E-state index contributed by atoms with van der Waals surface area (Å²) >= 11 is 8.94. The van der Waals surface area contributed by atoms with E-state index in [0.717, 1.165) is 16.9 Å². The molecule has 0 bridgehead atoms. The van der Waals surface area contributed by atoms with Crippen LogP contribution in [0.2, 0.25) is 5.02 Å². The van der Waals surface area contributed by atoms with E-state index in [0.29, 0.717) is 45.0 Å². The number of nitrogens with zero attached hydrogens (tertiary/aromatic N) is 3. The number of carbonyl (C=O) groups excluding carboxylic acids is 2. The summed E-state index contributed by atoms with van der Waals surface area (Å²) in [6.45, 7) is 4.29. The molecule has 0 radical (unpaired) electrons. The number of benzene rings is 3. The van der Waals surface area contributed by atoms with Crippen molar-refractivity contribution in [1.29, 1.82) is 0 Å². The number of halogens is 1. The molecule has 0 unspecified atom stereocenters. The lowest BCUT2D eigenvalue weighted by atomic mass is 9.94. The first-order chi connectivity index (χ1) is 20.3. The third-order valence-corrected chi connectivity index (χ3v) is 9.48. The lowest BCUT2D eigenvalue weighted by Crippen LogP contribution is -2.29. The van der Waals surface area contributed by atoms with Crippen LogP contribution in [0.5, 0.6) is 11.5 Å². The average molecular weight is 620 g/mol. The van der Waals surface area contributed by atoms with Crippen LogP contribution >= 0.6 is 34.7 Å². The van der Waals surface area contributed by atoms with Crippen molar-refractivity contribution in [2.75, 3.05) is 11.5 Å². The number of carbonyl (C=O) groups is 2. The van der Waals surface area contributed by atoms with Crippen LogP contribution in [0, 0.1) is 0 Å². The molecule has 0 spiro atoms. The number of Topliss-reactive ketones (excluding diaryl/α,β-unsaturated/α-hetero) is 1. The molecule has 214 valence electrons. The van der Waals surface area contributed by atoms with E-state index in [2.05, 4.69) is 10.2 Å². The van der Waals surface area contributed by atoms with Gasteiger partial charge < -0.3 is 14.6 Å². The molecule has 2 aliphatic heterocycles. The molecular formula is C31H26ClN3O5S2. The Kier molecular flexibility index (Phi) is 7.94. The molecule has 42 heavy (non-hydrogen) atoms. The summed E-state index contributed by atoms with van der Waals surface area (Å²) in [5.74, 6) is 0.0369. The zero-order chi connectivity index (χ0) is 29.4. The van der Waals surface area contributed by atoms with Gasteiger partial charge in [0.05, 0.1) is 18.2 Å². The van der Waals surface area contributed by atoms with Crippen molar-refractivity contribution in [3.05, 3.63) is 99.6 Å². The Hall–Kier alpha value is -3.86. The van der Waals surface area contributed by atoms with Gasteiger partial charge in [0.25, 0.3) is 5.78 Å². The molecule has 1 amide bonds. The molecule has 0 saturated carbocycles. The first-order valence-electron chi connectivity index (χ1n) is 13.4. The van der Waals surface area contributed by atoms with E-state index in [1.165, 1.54) is 28.0 Å². The Morgan fingerprint density at radius 1 is 1.14 bits per heavy atom. The first-order valence-corrected chi connectivity index (χ1v) is 15.6. The highest BCUT2D eigenvalue weighted by molar-refractivity contribution is 8.00. The Bertz CT molecular complexity index is 1720. The minimum atomic E-state index is -0.941. The number of hydrogen-bond donors (Lipinski definition) is 1. The molecule has 6 rings (SSSR count). The highest BCUT2D eigenvalue weighted by Gasteiger charge is 2.48. The quantitative estimate of drug-likeness (QED) is 0.0753. The van der Waals surface area contributed by atoms with E-state index in [-0.39, 0.29) is 22.6 Å². The van der Waals surface area contributed by atoms with Gasteiger partial charge in [-0.15, -0.1) is 10.2 Å². The van der Waals surface area contributed by atoms with Crippen molar-refractivity contribution in [3.8, 4) is 11.5 Å². The summed E-state index contributed by atoms with van der Waals surface area (Å²) < 4.78 is 12.1. The van der Waals surface area contributed by atoms with Crippen LogP contribution in [0.15, 0.2) is 76.6 Å². The summed E-state index contributed by atoms with van der Waals surface area (Å²) in [5.41, 5.74) is 2.88. The van der Waals surface area contributed by atoms with Crippen molar-refractivity contribution >= 4 is 57.3 Å². The SMILES string of the molecule is CCOc1cccc([C@@H]2C(=C(O)c3ccc4c(c3)C[C@H](C)O4)C(=O)C(=O)N2c2nnc(SCc3ccccc3Cl)s2)c1. The number of aromatic nitrogens is 2. The number of amides is 1. The van der Waals surface area contributed by atoms with Gasteiger partial charge in [0.15, 0.2) is 4.34 Å². The molecule has 0 aliphatic carbocycles. The maximum Gasteiger partial charge on any atom is 0.301 e. The number of anilines is 1. The van der Waals surface area contributed by atoms with Crippen molar-refractivity contribution < 1.29 is 24.2 Å². The fourth-order valence-corrected chi connectivity index (χ4v) is 7.28. The van der Waals surface area contributed by atoms with Crippen LogP contribution in [0.3, 0.4) is 0 Å². The first kappa shape index (κ1) is 28.3. The fourth-order valence-electron chi connectivity index (χ4n) is 5.12. The average Bonchev–Trinajstić information content (AvgIpc) is 3.67. The topological polar surface area (TPSA) is 102 Å². The predicted octanol–water partition coefficient (Wildman–Crippen LogP) is 6.83. The molecule has 1 N–H and O–H groups in total. The molecule has 4 aromatic rings. The number of hydrogen-bond acceptors (Lipinski definition) is 9. The van der Waals surface area contributed by atoms with Crippen molar-refractivity contribution in [2.24, 2.45) is 0 Å². The van der Waals surface area contributed by atoms with Gasteiger partial charge in [0.1, 0.15) is 23.4 Å². The van der Waals surface area contributed by atoms with E-state index < -0.39 is 17.7 Å². The standard InChI is InChI=1S/C31H26ClN3O5S2/c1-3-39-22-9-6-8-18(15-22)26-25(27(36)19-11-12-24-21(14-19)13-17(2)40-24)28(37)29(38)35(26)30-33-34-31(42-30)41-16-20-7-4-5-10-23(20)32/h4-12,14-15,17,26,36H,3,13,16H2,1-2H3/t17-,26+/m0/s1. The second-order valence-corrected chi connectivity index (χ2v) is 12.4. The molecule has 2 atom stereocenters. The smallest absolute Gasteiger partial charge is 0.301 e. The number of rotatable bonds is 8. The highest BCUT2D eigenvalue weighted by atomic mass is 35.5. The van der Waals surface area contributed by atoms with Crippen LogP contribution in [0.25, 0.3) is 5.76 Å². The van der Waals surface area contributed by atoms with Gasteiger partial charge >= 0.3 is 5.91 Å². The van der Waals surface area contributed by atoms with Gasteiger partial charge in [-0.25, -0.2) is 0 Å². The summed E-state index contributed by atoms with van der Waals surface area (Å²) in [6, 6.07) is 19.1. The van der Waals surface area contributed by atoms with Crippen LogP contribution < -0.4 is 14.4 Å². The van der Waals surface area contributed by atoms with E-state index >= 15 is 0 Å². The number of ether oxygens (including phenoxy) is 2. The third-order valence-electron chi connectivity index (χ3n) is 7.01. The predicted molar refractivity (Wildman–Crippen MR) is 164 cm³/mol. The molecule has 3 heterocycles. The monoisotopic (exact) mass is 619 g/mol. The Morgan fingerprint density at radius 2 is 1.98 bits per heavy atom. The summed E-state index contributed by atoms with van der Waals surface area (Å²) in [5, 5.41) is 21.1. The molecule has 8 nitrogen and oxygen atoms in total. The molecule has 1 aromatic heterocycles. The van der Waals surface area contributed by atoms with Crippen molar-refractivity contribution in [3.63, 3.8) is 0 Å². The number of thioether (sulfide) groups is 1. The molecule has 11 heteroatoms. The van der Waals surface area contributed by atoms with Crippen LogP contribution in [-0.2, 0) is 21.8 Å². The summed E-state index contributed by atoms with van der Waals surface area (Å²) in [4.78, 5) is 28.5. The Balaban J connectivity index is 1.40.